The Labute approximate surface area is 150 Å². The van der Waals surface area contributed by atoms with Crippen LogP contribution in [0, 0.1) is 11.3 Å². The zero-order valence-electron chi connectivity index (χ0n) is 13.1. The Balaban J connectivity index is 1.83. The van der Waals surface area contributed by atoms with E-state index >= 15 is 0 Å². The Kier molecular flexibility index (Phi) is 4.98. The molecule has 0 atom stereocenters. The highest BCUT2D eigenvalue weighted by atomic mass is 35.5. The first-order valence-electron chi connectivity index (χ1n) is 7.50. The number of furan rings is 1. The Bertz CT molecular complexity index is 969. The average molecular weight is 349 g/mol. The van der Waals surface area contributed by atoms with E-state index in [4.69, 9.17) is 16.0 Å². The first-order chi connectivity index (χ1) is 12.2. The van der Waals surface area contributed by atoms with Gasteiger partial charge in [0.05, 0.1) is 5.02 Å². The van der Waals surface area contributed by atoms with Gasteiger partial charge in [-0.1, -0.05) is 41.9 Å². The van der Waals surface area contributed by atoms with Gasteiger partial charge in [-0.3, -0.25) is 4.79 Å². The molecule has 0 saturated carbocycles. The topological polar surface area (TPSA) is 66.0 Å². The fraction of sp³-hybridized carbons (Fsp3) is 0. The Hall–Kier alpha value is -3.29. The van der Waals surface area contributed by atoms with Gasteiger partial charge < -0.3 is 9.73 Å². The number of nitrogens with zero attached hydrogens (tertiary/aromatic N) is 1. The summed E-state index contributed by atoms with van der Waals surface area (Å²) in [5.74, 6) is 0.469. The number of hydrogen-bond donors (Lipinski definition) is 1. The van der Waals surface area contributed by atoms with Gasteiger partial charge in [-0.2, -0.15) is 5.26 Å². The van der Waals surface area contributed by atoms with Crippen LogP contribution in [0.25, 0.3) is 17.4 Å². The van der Waals surface area contributed by atoms with Crippen molar-refractivity contribution in [3.05, 3.63) is 83.1 Å². The number of nitriles is 1. The van der Waals surface area contributed by atoms with Crippen molar-refractivity contribution in [2.45, 2.75) is 0 Å². The van der Waals surface area contributed by atoms with E-state index in [0.717, 1.165) is 5.56 Å². The molecule has 0 bridgehead atoms. The molecule has 25 heavy (non-hydrogen) atoms. The second kappa shape index (κ2) is 7.52. The summed E-state index contributed by atoms with van der Waals surface area (Å²) in [6.45, 7) is 0. The molecule has 0 aliphatic rings. The second-order valence-corrected chi connectivity index (χ2v) is 5.58. The molecule has 0 spiro atoms. The predicted octanol–water partition coefficient (Wildman–Crippen LogP) is 5.15. The van der Waals surface area contributed by atoms with Crippen molar-refractivity contribution >= 4 is 29.3 Å². The largest absolute Gasteiger partial charge is 0.457 e. The fourth-order valence-electron chi connectivity index (χ4n) is 2.25. The summed E-state index contributed by atoms with van der Waals surface area (Å²) in [6.07, 6.45) is 1.40. The zero-order chi connectivity index (χ0) is 17.6. The van der Waals surface area contributed by atoms with E-state index in [1.807, 2.05) is 30.3 Å². The molecule has 3 rings (SSSR count). The Morgan fingerprint density at radius 1 is 1.04 bits per heavy atom. The van der Waals surface area contributed by atoms with Gasteiger partial charge in [0, 0.05) is 17.3 Å². The normalized spacial score (nSPS) is 11.0. The van der Waals surface area contributed by atoms with Crippen molar-refractivity contribution in [2.24, 2.45) is 0 Å². The van der Waals surface area contributed by atoms with Crippen LogP contribution in [0.15, 0.2) is 76.7 Å². The summed E-state index contributed by atoms with van der Waals surface area (Å²) in [6, 6.07) is 21.5. The van der Waals surface area contributed by atoms with E-state index in [2.05, 4.69) is 5.32 Å². The highest BCUT2D eigenvalue weighted by molar-refractivity contribution is 6.33. The number of hydrogen-bond acceptors (Lipinski definition) is 3. The maximum absolute atomic E-state index is 12.2. The molecule has 3 aromatic rings. The molecule has 0 aliphatic carbocycles. The van der Waals surface area contributed by atoms with Gasteiger partial charge in [-0.05, 0) is 36.4 Å². The third kappa shape index (κ3) is 3.97. The van der Waals surface area contributed by atoms with Crippen molar-refractivity contribution in [3.8, 4) is 17.4 Å². The quantitative estimate of drug-likeness (QED) is 0.524. The number of amides is 1. The molecule has 5 heteroatoms. The van der Waals surface area contributed by atoms with Crippen molar-refractivity contribution in [3.63, 3.8) is 0 Å². The number of carbonyl (C=O) groups is 1. The molecule has 1 N–H and O–H groups in total. The third-order valence-corrected chi connectivity index (χ3v) is 3.78. The summed E-state index contributed by atoms with van der Waals surface area (Å²) in [5.41, 5.74) is 1.31. The van der Waals surface area contributed by atoms with Crippen molar-refractivity contribution in [2.75, 3.05) is 5.32 Å². The minimum absolute atomic E-state index is 0.0519. The van der Waals surface area contributed by atoms with Crippen LogP contribution in [0.1, 0.15) is 5.76 Å². The molecule has 4 nitrogen and oxygen atoms in total. The Morgan fingerprint density at radius 3 is 2.48 bits per heavy atom. The van der Waals surface area contributed by atoms with Crippen LogP contribution in [-0.4, -0.2) is 5.91 Å². The molecule has 122 valence electrons. The molecule has 1 aromatic heterocycles. The zero-order valence-corrected chi connectivity index (χ0v) is 13.8. The van der Waals surface area contributed by atoms with E-state index in [9.17, 15) is 10.1 Å². The van der Waals surface area contributed by atoms with Crippen LogP contribution in [0.4, 0.5) is 5.69 Å². The number of carbonyl (C=O) groups excluding carboxylic acids is 1. The molecule has 1 heterocycles. The maximum atomic E-state index is 12.2. The summed E-state index contributed by atoms with van der Waals surface area (Å²) < 4.78 is 5.69. The second-order valence-electron chi connectivity index (χ2n) is 5.17. The third-order valence-electron chi connectivity index (χ3n) is 3.45. The number of halogens is 1. The van der Waals surface area contributed by atoms with Gasteiger partial charge in [-0.25, -0.2) is 0 Å². The van der Waals surface area contributed by atoms with Gasteiger partial charge in [0.15, 0.2) is 0 Å². The SMILES string of the molecule is N#CC(=Cc1ccc(-c2ccccc2Cl)o1)C(=O)Nc1ccccc1. The number of nitrogens with one attached hydrogen (secondary N) is 1. The van der Waals surface area contributed by atoms with E-state index in [-0.39, 0.29) is 5.57 Å². The van der Waals surface area contributed by atoms with Gasteiger partial charge in [0.25, 0.3) is 5.91 Å². The average Bonchev–Trinajstić information content (AvgIpc) is 3.09. The molecule has 2 aromatic carbocycles. The number of anilines is 1. The highest BCUT2D eigenvalue weighted by Crippen LogP contribution is 2.29. The number of para-hydroxylation sites is 1. The molecule has 0 saturated heterocycles. The van der Waals surface area contributed by atoms with Crippen LogP contribution in [0.5, 0.6) is 0 Å². The summed E-state index contributed by atoms with van der Waals surface area (Å²) in [5, 5.41) is 12.5. The van der Waals surface area contributed by atoms with Gasteiger partial charge in [0.2, 0.25) is 0 Å². The van der Waals surface area contributed by atoms with E-state index in [1.165, 1.54) is 6.08 Å². The lowest BCUT2D eigenvalue weighted by atomic mass is 10.2. The maximum Gasteiger partial charge on any atom is 0.266 e. The van der Waals surface area contributed by atoms with Crippen molar-refractivity contribution < 1.29 is 9.21 Å². The van der Waals surface area contributed by atoms with E-state index < -0.39 is 5.91 Å². The Morgan fingerprint density at radius 2 is 1.76 bits per heavy atom. The smallest absolute Gasteiger partial charge is 0.266 e. The number of rotatable bonds is 4. The number of benzene rings is 2. The molecule has 1 amide bonds. The monoisotopic (exact) mass is 348 g/mol. The summed E-state index contributed by atoms with van der Waals surface area (Å²) >= 11 is 6.15. The fourth-order valence-corrected chi connectivity index (χ4v) is 2.48. The lowest BCUT2D eigenvalue weighted by Crippen LogP contribution is -2.13. The van der Waals surface area contributed by atoms with Crippen LogP contribution in [-0.2, 0) is 4.79 Å². The predicted molar refractivity (Wildman–Crippen MR) is 97.8 cm³/mol. The van der Waals surface area contributed by atoms with Gasteiger partial charge in [-0.15, -0.1) is 0 Å². The lowest BCUT2D eigenvalue weighted by Gasteiger charge is -2.03. The van der Waals surface area contributed by atoms with Crippen LogP contribution in [0.3, 0.4) is 0 Å². The van der Waals surface area contributed by atoms with Gasteiger partial charge >= 0.3 is 0 Å². The molecular weight excluding hydrogens is 336 g/mol. The first-order valence-corrected chi connectivity index (χ1v) is 7.88. The standard InChI is InChI=1S/C20H13ClN2O2/c21-18-9-5-4-8-17(18)19-11-10-16(25-19)12-14(13-22)20(24)23-15-6-2-1-3-7-15/h1-12H,(H,23,24). The van der Waals surface area contributed by atoms with E-state index in [0.29, 0.717) is 22.2 Å². The highest BCUT2D eigenvalue weighted by Gasteiger charge is 2.12. The molecule has 0 fully saturated rings. The van der Waals surface area contributed by atoms with Crippen LogP contribution < -0.4 is 5.32 Å². The summed E-state index contributed by atoms with van der Waals surface area (Å²) in [4.78, 5) is 12.2. The minimum atomic E-state index is -0.496. The first kappa shape index (κ1) is 16.6. The summed E-state index contributed by atoms with van der Waals surface area (Å²) in [7, 11) is 0. The van der Waals surface area contributed by atoms with Crippen LogP contribution >= 0.6 is 11.6 Å². The molecular formula is C20H13ClN2O2. The molecule has 0 radical (unpaired) electrons. The van der Waals surface area contributed by atoms with E-state index in [1.54, 1.807) is 42.5 Å². The minimum Gasteiger partial charge on any atom is -0.457 e. The van der Waals surface area contributed by atoms with Gasteiger partial charge in [0.1, 0.15) is 23.2 Å². The lowest BCUT2D eigenvalue weighted by molar-refractivity contribution is -0.112. The van der Waals surface area contributed by atoms with Crippen molar-refractivity contribution in [1.82, 2.24) is 0 Å². The molecule has 0 aliphatic heterocycles. The van der Waals surface area contributed by atoms with Crippen LogP contribution in [0.2, 0.25) is 5.02 Å². The molecule has 0 unspecified atom stereocenters. The van der Waals surface area contributed by atoms with Crippen molar-refractivity contribution in [1.29, 1.82) is 5.26 Å².